The number of aliphatic hydroxyl groups excluding tert-OH is 1. The van der Waals surface area contributed by atoms with Gasteiger partial charge in [0.15, 0.2) is 4.34 Å². The first-order chi connectivity index (χ1) is 8.49. The van der Waals surface area contributed by atoms with Gasteiger partial charge in [-0.1, -0.05) is 32.5 Å². The van der Waals surface area contributed by atoms with Crippen molar-refractivity contribution in [3.63, 3.8) is 0 Å². The van der Waals surface area contributed by atoms with Crippen LogP contribution in [-0.4, -0.2) is 38.4 Å². The summed E-state index contributed by atoms with van der Waals surface area (Å²) in [6.45, 7) is 8.47. The molecule has 0 aliphatic carbocycles. The van der Waals surface area contributed by atoms with E-state index >= 15 is 0 Å². The van der Waals surface area contributed by atoms with E-state index in [1.807, 2.05) is 0 Å². The first kappa shape index (κ1) is 15.9. The zero-order valence-electron chi connectivity index (χ0n) is 11.6. The molecule has 4 nitrogen and oxygen atoms in total. The molecular formula is C12H23N3OS2. The fourth-order valence-corrected chi connectivity index (χ4v) is 3.67. The lowest BCUT2D eigenvalue weighted by atomic mass is 9.99. The number of nitrogens with one attached hydrogen (secondary N) is 1. The largest absolute Gasteiger partial charge is 0.394 e. The third-order valence-electron chi connectivity index (χ3n) is 2.63. The molecule has 18 heavy (non-hydrogen) atoms. The molecule has 2 N–H and O–H groups in total. The zero-order valence-corrected chi connectivity index (χ0v) is 13.2. The summed E-state index contributed by atoms with van der Waals surface area (Å²) in [5.74, 6) is 1.86. The summed E-state index contributed by atoms with van der Waals surface area (Å²) in [4.78, 5) is 4.42. The predicted molar refractivity (Wildman–Crippen MR) is 78.4 cm³/mol. The van der Waals surface area contributed by atoms with Crippen molar-refractivity contribution in [2.24, 2.45) is 0 Å². The Kier molecular flexibility index (Phi) is 6.55. The van der Waals surface area contributed by atoms with E-state index in [0.29, 0.717) is 6.04 Å². The number of aliphatic hydroxyl groups is 1. The Balaban J connectivity index is 2.39. The van der Waals surface area contributed by atoms with Crippen molar-refractivity contribution >= 4 is 23.3 Å². The monoisotopic (exact) mass is 289 g/mol. The second-order valence-corrected chi connectivity index (χ2v) is 7.04. The Bertz CT molecular complexity index is 357. The van der Waals surface area contributed by atoms with Crippen LogP contribution in [0.1, 0.15) is 39.9 Å². The lowest BCUT2D eigenvalue weighted by Gasteiger charge is -2.30. The second-order valence-electron chi connectivity index (χ2n) is 4.95. The number of aryl methyl sites for hydroxylation is 1. The maximum atomic E-state index is 9.48. The van der Waals surface area contributed by atoms with Gasteiger partial charge < -0.3 is 10.4 Å². The highest BCUT2D eigenvalue weighted by Gasteiger charge is 2.23. The molecule has 1 heterocycles. The Labute approximate surface area is 118 Å². The lowest BCUT2D eigenvalue weighted by Crippen LogP contribution is -2.49. The number of thioether (sulfide) groups is 1. The van der Waals surface area contributed by atoms with E-state index in [1.165, 1.54) is 11.5 Å². The summed E-state index contributed by atoms with van der Waals surface area (Å²) in [5.41, 5.74) is -0.209. The smallest absolute Gasteiger partial charge is 0.170 e. The SMILES string of the molecule is CCc1nsc(SCCC(C)(CO)NC(C)C)n1. The van der Waals surface area contributed by atoms with Crippen molar-refractivity contribution in [1.82, 2.24) is 14.7 Å². The van der Waals surface area contributed by atoms with Gasteiger partial charge in [-0.3, -0.25) is 0 Å². The molecule has 0 spiro atoms. The third-order valence-corrected chi connectivity index (χ3v) is 4.50. The number of hydrogen-bond acceptors (Lipinski definition) is 6. The maximum Gasteiger partial charge on any atom is 0.170 e. The van der Waals surface area contributed by atoms with Crippen LogP contribution >= 0.6 is 23.3 Å². The van der Waals surface area contributed by atoms with Crippen molar-refractivity contribution in [3.05, 3.63) is 5.82 Å². The van der Waals surface area contributed by atoms with Crippen LogP contribution in [0.4, 0.5) is 0 Å². The molecule has 0 aromatic carbocycles. The number of rotatable bonds is 8. The molecule has 1 atom stereocenters. The minimum atomic E-state index is -0.209. The van der Waals surface area contributed by atoms with Crippen molar-refractivity contribution in [2.75, 3.05) is 12.4 Å². The molecule has 6 heteroatoms. The van der Waals surface area contributed by atoms with E-state index in [1.54, 1.807) is 11.8 Å². The van der Waals surface area contributed by atoms with E-state index in [0.717, 1.165) is 28.8 Å². The van der Waals surface area contributed by atoms with Gasteiger partial charge in [-0.05, 0) is 24.9 Å². The van der Waals surface area contributed by atoms with Crippen molar-refractivity contribution in [3.8, 4) is 0 Å². The van der Waals surface area contributed by atoms with Crippen LogP contribution < -0.4 is 5.32 Å². The van der Waals surface area contributed by atoms with Gasteiger partial charge in [-0.15, -0.1) is 0 Å². The number of hydrogen-bond donors (Lipinski definition) is 2. The van der Waals surface area contributed by atoms with E-state index in [9.17, 15) is 5.11 Å². The van der Waals surface area contributed by atoms with Crippen molar-refractivity contribution in [2.45, 2.75) is 56.5 Å². The fourth-order valence-electron chi connectivity index (χ4n) is 1.70. The van der Waals surface area contributed by atoms with Gasteiger partial charge in [-0.2, -0.15) is 4.37 Å². The number of aromatic nitrogens is 2. The van der Waals surface area contributed by atoms with Crippen LogP contribution in [0.25, 0.3) is 0 Å². The summed E-state index contributed by atoms with van der Waals surface area (Å²) in [6.07, 6.45) is 1.80. The first-order valence-electron chi connectivity index (χ1n) is 6.33. The summed E-state index contributed by atoms with van der Waals surface area (Å²) in [5, 5.41) is 12.9. The van der Waals surface area contributed by atoms with Gasteiger partial charge in [0, 0.05) is 23.8 Å². The van der Waals surface area contributed by atoms with E-state index in [2.05, 4.69) is 42.4 Å². The normalized spacial score (nSPS) is 15.0. The molecule has 1 rings (SSSR count). The summed E-state index contributed by atoms with van der Waals surface area (Å²) >= 11 is 3.18. The van der Waals surface area contributed by atoms with Crippen LogP contribution in [0.15, 0.2) is 4.34 Å². The minimum absolute atomic E-state index is 0.155. The average molecular weight is 289 g/mol. The third kappa shape index (κ3) is 5.22. The zero-order chi connectivity index (χ0) is 13.6. The molecule has 0 saturated heterocycles. The quantitative estimate of drug-likeness (QED) is 0.719. The summed E-state index contributed by atoms with van der Waals surface area (Å²) in [7, 11) is 0. The molecule has 0 fully saturated rings. The Hall–Kier alpha value is -0.170. The molecule has 1 aromatic rings. The summed E-state index contributed by atoms with van der Waals surface area (Å²) < 4.78 is 5.29. The Morgan fingerprint density at radius 3 is 2.72 bits per heavy atom. The highest BCUT2D eigenvalue weighted by Crippen LogP contribution is 2.23. The average Bonchev–Trinajstić information content (AvgIpc) is 2.76. The second kappa shape index (κ2) is 7.43. The van der Waals surface area contributed by atoms with Gasteiger partial charge in [0.25, 0.3) is 0 Å². The van der Waals surface area contributed by atoms with Crippen LogP contribution in [0.3, 0.4) is 0 Å². The molecule has 0 bridgehead atoms. The van der Waals surface area contributed by atoms with Crippen molar-refractivity contribution in [1.29, 1.82) is 0 Å². The van der Waals surface area contributed by atoms with Gasteiger partial charge in [0.2, 0.25) is 0 Å². The predicted octanol–water partition coefficient (Wildman–Crippen LogP) is 2.33. The topological polar surface area (TPSA) is 58.0 Å². The molecule has 0 saturated carbocycles. The molecule has 0 aliphatic rings. The standard InChI is InChI=1S/C12H23N3OS2/c1-5-10-13-11(18-15-10)17-7-6-12(4,8-16)14-9(2)3/h9,14,16H,5-8H2,1-4H3. The maximum absolute atomic E-state index is 9.48. The highest BCUT2D eigenvalue weighted by molar-refractivity contribution is 8.00. The molecule has 0 amide bonds. The number of nitrogens with zero attached hydrogens (tertiary/aromatic N) is 2. The van der Waals surface area contributed by atoms with Crippen LogP contribution in [-0.2, 0) is 6.42 Å². The molecule has 1 unspecified atom stereocenters. The molecule has 0 radical (unpaired) electrons. The highest BCUT2D eigenvalue weighted by atomic mass is 32.2. The minimum Gasteiger partial charge on any atom is -0.394 e. The van der Waals surface area contributed by atoms with Crippen LogP contribution in [0, 0.1) is 0 Å². The fraction of sp³-hybridized carbons (Fsp3) is 0.833. The summed E-state index contributed by atoms with van der Waals surface area (Å²) in [6, 6.07) is 0.375. The van der Waals surface area contributed by atoms with E-state index < -0.39 is 0 Å². The molecule has 104 valence electrons. The van der Waals surface area contributed by atoms with Crippen LogP contribution in [0.5, 0.6) is 0 Å². The van der Waals surface area contributed by atoms with Gasteiger partial charge in [-0.25, -0.2) is 4.98 Å². The van der Waals surface area contributed by atoms with Gasteiger partial charge in [0.1, 0.15) is 5.82 Å². The lowest BCUT2D eigenvalue weighted by molar-refractivity contribution is 0.162. The molecule has 1 aromatic heterocycles. The Morgan fingerprint density at radius 2 is 2.22 bits per heavy atom. The van der Waals surface area contributed by atoms with E-state index in [-0.39, 0.29) is 12.1 Å². The molecular weight excluding hydrogens is 266 g/mol. The first-order valence-corrected chi connectivity index (χ1v) is 8.09. The molecule has 0 aliphatic heterocycles. The van der Waals surface area contributed by atoms with Gasteiger partial charge in [0.05, 0.1) is 6.61 Å². The van der Waals surface area contributed by atoms with Gasteiger partial charge >= 0.3 is 0 Å². The Morgan fingerprint density at radius 1 is 1.50 bits per heavy atom. The van der Waals surface area contributed by atoms with Crippen LogP contribution in [0.2, 0.25) is 0 Å². The van der Waals surface area contributed by atoms with Crippen molar-refractivity contribution < 1.29 is 5.11 Å². The van der Waals surface area contributed by atoms with E-state index in [4.69, 9.17) is 0 Å².